The van der Waals surface area contributed by atoms with E-state index < -0.39 is 5.60 Å². The fraction of sp³-hybridized carbons (Fsp3) is 0.750. The Kier molecular flexibility index (Phi) is 6.26. The van der Waals surface area contributed by atoms with Gasteiger partial charge in [0.15, 0.2) is 5.65 Å². The van der Waals surface area contributed by atoms with Crippen LogP contribution in [0.5, 0.6) is 0 Å². The van der Waals surface area contributed by atoms with Crippen molar-refractivity contribution in [2.45, 2.75) is 103 Å². The van der Waals surface area contributed by atoms with Gasteiger partial charge in [0.25, 0.3) is 0 Å². The van der Waals surface area contributed by atoms with Crippen molar-refractivity contribution in [2.24, 2.45) is 11.8 Å². The molecular formula is C24H37N3O2. The number of imidazole rings is 1. The van der Waals surface area contributed by atoms with Crippen LogP contribution in [0, 0.1) is 11.8 Å². The molecule has 0 aromatic carbocycles. The molecule has 5 nitrogen and oxygen atoms in total. The number of fused-ring (bicyclic) bond motifs is 1. The zero-order valence-corrected chi connectivity index (χ0v) is 18.3. The fourth-order valence-corrected chi connectivity index (χ4v) is 5.67. The molecule has 2 fully saturated rings. The molecule has 4 atom stereocenters. The highest BCUT2D eigenvalue weighted by Crippen LogP contribution is 2.42. The average Bonchev–Trinajstić information content (AvgIpc) is 3.11. The van der Waals surface area contributed by atoms with Crippen LogP contribution in [0.3, 0.4) is 0 Å². The minimum absolute atomic E-state index is 0.140. The second-order valence-electron chi connectivity index (χ2n) is 9.41. The van der Waals surface area contributed by atoms with Gasteiger partial charge < -0.3 is 14.4 Å². The van der Waals surface area contributed by atoms with Crippen molar-refractivity contribution in [3.05, 3.63) is 24.2 Å². The fourth-order valence-electron chi connectivity index (χ4n) is 5.67. The summed E-state index contributed by atoms with van der Waals surface area (Å²) in [6.07, 6.45) is 12.1. The van der Waals surface area contributed by atoms with Crippen LogP contribution < -0.4 is 0 Å². The lowest BCUT2D eigenvalue weighted by Crippen LogP contribution is -2.52. The molecule has 0 spiro atoms. The molecule has 5 heteroatoms. The van der Waals surface area contributed by atoms with Gasteiger partial charge in [0, 0.05) is 12.2 Å². The molecule has 1 N–H and O–H groups in total. The summed E-state index contributed by atoms with van der Waals surface area (Å²) >= 11 is 0. The van der Waals surface area contributed by atoms with Crippen molar-refractivity contribution >= 4 is 11.2 Å². The number of aliphatic hydroxyl groups is 1. The largest absolute Gasteiger partial charge is 0.387 e. The van der Waals surface area contributed by atoms with Crippen LogP contribution in [0.1, 0.15) is 90.4 Å². The molecule has 2 aromatic heterocycles. The Hall–Kier alpha value is -1.46. The molecule has 0 saturated heterocycles. The zero-order chi connectivity index (χ0) is 20.4. The van der Waals surface area contributed by atoms with Gasteiger partial charge in [-0.15, -0.1) is 0 Å². The summed E-state index contributed by atoms with van der Waals surface area (Å²) in [4.78, 5) is 9.54. The number of rotatable bonds is 6. The third kappa shape index (κ3) is 4.09. The van der Waals surface area contributed by atoms with Gasteiger partial charge in [-0.25, -0.2) is 9.97 Å². The van der Waals surface area contributed by atoms with E-state index in [4.69, 9.17) is 9.72 Å². The van der Waals surface area contributed by atoms with Crippen LogP contribution in [0.4, 0.5) is 0 Å². The van der Waals surface area contributed by atoms with Gasteiger partial charge in [0.1, 0.15) is 17.9 Å². The van der Waals surface area contributed by atoms with Crippen molar-refractivity contribution in [1.82, 2.24) is 14.5 Å². The van der Waals surface area contributed by atoms with Gasteiger partial charge in [-0.2, -0.15) is 0 Å². The lowest BCUT2D eigenvalue weighted by atomic mass is 9.68. The van der Waals surface area contributed by atoms with Gasteiger partial charge in [0.2, 0.25) is 0 Å². The van der Waals surface area contributed by atoms with Gasteiger partial charge in [-0.1, -0.05) is 46.0 Å². The van der Waals surface area contributed by atoms with Crippen LogP contribution in [-0.4, -0.2) is 31.3 Å². The van der Waals surface area contributed by atoms with Crippen molar-refractivity contribution < 1.29 is 9.84 Å². The van der Waals surface area contributed by atoms with Crippen LogP contribution in [-0.2, 0) is 11.3 Å². The summed E-state index contributed by atoms with van der Waals surface area (Å²) in [7, 11) is 0. The van der Waals surface area contributed by atoms with Crippen molar-refractivity contribution in [1.29, 1.82) is 0 Å². The van der Waals surface area contributed by atoms with Gasteiger partial charge in [-0.3, -0.25) is 0 Å². The minimum atomic E-state index is -0.777. The Morgan fingerprint density at radius 1 is 1.17 bits per heavy atom. The number of pyridine rings is 1. The third-order valence-electron chi connectivity index (χ3n) is 7.59. The molecule has 2 saturated carbocycles. The van der Waals surface area contributed by atoms with Crippen LogP contribution in [0.15, 0.2) is 18.3 Å². The molecule has 2 aliphatic rings. The summed E-state index contributed by atoms with van der Waals surface area (Å²) in [5.74, 6) is 1.89. The molecule has 160 valence electrons. The van der Waals surface area contributed by atoms with E-state index in [9.17, 15) is 5.11 Å². The summed E-state index contributed by atoms with van der Waals surface area (Å²) in [6, 6.07) is 4.46. The van der Waals surface area contributed by atoms with E-state index in [2.05, 4.69) is 23.4 Å². The van der Waals surface area contributed by atoms with Crippen LogP contribution in [0.25, 0.3) is 11.2 Å². The first kappa shape index (κ1) is 20.8. The molecule has 0 amide bonds. The van der Waals surface area contributed by atoms with E-state index in [1.807, 2.05) is 25.3 Å². The lowest BCUT2D eigenvalue weighted by molar-refractivity contribution is -0.168. The molecule has 0 radical (unpaired) electrons. The van der Waals surface area contributed by atoms with Gasteiger partial charge in [-0.05, 0) is 56.6 Å². The Balaban J connectivity index is 1.59. The first-order valence-electron chi connectivity index (χ1n) is 11.7. The molecule has 0 unspecified atom stereocenters. The summed E-state index contributed by atoms with van der Waals surface area (Å²) in [5, 5.41) is 11.3. The number of nitrogens with zero attached hydrogens (tertiary/aromatic N) is 3. The first-order valence-corrected chi connectivity index (χ1v) is 11.7. The standard InChI is InChI=1S/C24H37N3O2/c1-4-17-14-18(5-2)24(3,28)21(15-17)29-16-22-26-20-12-9-13-25-23(20)27(22)19-10-7-6-8-11-19/h9,12-13,17-19,21,28H,4-8,10-11,14-16H2,1-3H3/t17-,18+,21+,24-/m0/s1. The molecule has 0 aliphatic heterocycles. The minimum Gasteiger partial charge on any atom is -0.387 e. The Bertz CT molecular complexity index is 810. The predicted molar refractivity (Wildman–Crippen MR) is 116 cm³/mol. The Labute approximate surface area is 174 Å². The molecule has 4 rings (SSSR count). The highest BCUT2D eigenvalue weighted by Gasteiger charge is 2.45. The third-order valence-corrected chi connectivity index (χ3v) is 7.59. The van der Waals surface area contributed by atoms with E-state index in [0.29, 0.717) is 24.5 Å². The highest BCUT2D eigenvalue weighted by molar-refractivity contribution is 5.71. The summed E-state index contributed by atoms with van der Waals surface area (Å²) in [5.41, 5.74) is 1.15. The molecule has 2 heterocycles. The molecular weight excluding hydrogens is 362 g/mol. The van der Waals surface area contributed by atoms with E-state index in [0.717, 1.165) is 42.7 Å². The summed E-state index contributed by atoms with van der Waals surface area (Å²) in [6.45, 7) is 6.86. The average molecular weight is 400 g/mol. The first-order chi connectivity index (χ1) is 14.0. The monoisotopic (exact) mass is 399 g/mol. The second-order valence-corrected chi connectivity index (χ2v) is 9.41. The lowest BCUT2D eigenvalue weighted by Gasteiger charge is -2.46. The van der Waals surface area contributed by atoms with Gasteiger partial charge >= 0.3 is 0 Å². The predicted octanol–water partition coefficient (Wildman–Crippen LogP) is 5.42. The van der Waals surface area contributed by atoms with Crippen molar-refractivity contribution in [3.8, 4) is 0 Å². The number of ether oxygens (including phenoxy) is 1. The van der Waals surface area contributed by atoms with Crippen LogP contribution >= 0.6 is 0 Å². The quantitative estimate of drug-likeness (QED) is 0.705. The molecule has 2 aliphatic carbocycles. The smallest absolute Gasteiger partial charge is 0.160 e. The molecule has 29 heavy (non-hydrogen) atoms. The molecule has 2 aromatic rings. The van der Waals surface area contributed by atoms with E-state index >= 15 is 0 Å². The Morgan fingerprint density at radius 2 is 1.97 bits per heavy atom. The highest BCUT2D eigenvalue weighted by atomic mass is 16.5. The number of hydrogen-bond acceptors (Lipinski definition) is 4. The SMILES string of the molecule is CC[C@H]1C[C@@H](CC)[C@](C)(O)[C@H](OCc2nc3cccnc3n2C2CCCCC2)C1. The van der Waals surface area contributed by atoms with E-state index in [1.54, 1.807) is 0 Å². The summed E-state index contributed by atoms with van der Waals surface area (Å²) < 4.78 is 8.78. The maximum atomic E-state index is 11.3. The van der Waals surface area contributed by atoms with Crippen molar-refractivity contribution in [2.75, 3.05) is 0 Å². The number of aromatic nitrogens is 3. The molecule has 0 bridgehead atoms. The topological polar surface area (TPSA) is 60.2 Å². The Morgan fingerprint density at radius 3 is 2.69 bits per heavy atom. The van der Waals surface area contributed by atoms with Gasteiger partial charge in [0.05, 0.1) is 11.7 Å². The number of hydrogen-bond donors (Lipinski definition) is 1. The van der Waals surface area contributed by atoms with Crippen LogP contribution in [0.2, 0.25) is 0 Å². The normalized spacial score (nSPS) is 31.4. The maximum absolute atomic E-state index is 11.3. The van der Waals surface area contributed by atoms with Crippen molar-refractivity contribution in [3.63, 3.8) is 0 Å². The van der Waals surface area contributed by atoms with E-state index in [1.165, 1.54) is 32.1 Å². The zero-order valence-electron chi connectivity index (χ0n) is 18.3. The second kappa shape index (κ2) is 8.73. The maximum Gasteiger partial charge on any atom is 0.160 e. The van der Waals surface area contributed by atoms with E-state index in [-0.39, 0.29) is 6.10 Å².